The molecule has 0 atom stereocenters. The Morgan fingerprint density at radius 3 is 2.38 bits per heavy atom. The summed E-state index contributed by atoms with van der Waals surface area (Å²) in [7, 11) is 0. The molecule has 1 rings (SSSR count). The van der Waals surface area contributed by atoms with Crippen molar-refractivity contribution in [3.8, 4) is 5.75 Å². The van der Waals surface area contributed by atoms with Gasteiger partial charge in [-0.05, 0) is 31.0 Å². The number of benzene rings is 1. The van der Waals surface area contributed by atoms with Gasteiger partial charge >= 0.3 is 0 Å². The highest BCUT2D eigenvalue weighted by molar-refractivity contribution is 5.25. The zero-order valence-electron chi connectivity index (χ0n) is 10.2. The molecule has 16 heavy (non-hydrogen) atoms. The molecule has 0 unspecified atom stereocenters. The molecule has 0 aliphatic heterocycles. The van der Waals surface area contributed by atoms with Crippen molar-refractivity contribution in [3.05, 3.63) is 42.2 Å². The fourth-order valence-corrected chi connectivity index (χ4v) is 1.21. The molecule has 0 heterocycles. The third-order valence-electron chi connectivity index (χ3n) is 2.07. The van der Waals surface area contributed by atoms with Gasteiger partial charge in [0.2, 0.25) is 0 Å². The molecule has 90 valence electrons. The minimum atomic E-state index is 0.318. The lowest BCUT2D eigenvalue weighted by atomic mass is 10.2. The highest BCUT2D eigenvalue weighted by atomic mass is 16.3. The summed E-state index contributed by atoms with van der Waals surface area (Å²) in [6.07, 6.45) is 4.24. The molecular weight excluding hydrogens is 200 g/mol. The highest BCUT2D eigenvalue weighted by Crippen LogP contribution is 2.08. The minimum Gasteiger partial charge on any atom is -0.513 e. The fourth-order valence-electron chi connectivity index (χ4n) is 1.21. The second-order valence-corrected chi connectivity index (χ2v) is 3.86. The van der Waals surface area contributed by atoms with E-state index in [1.807, 2.05) is 19.1 Å². The SMILES string of the molecule is C=C(O)CCCCC.Cc1cccc(O)c1. The maximum Gasteiger partial charge on any atom is 0.115 e. The van der Waals surface area contributed by atoms with Gasteiger partial charge in [-0.1, -0.05) is 38.5 Å². The van der Waals surface area contributed by atoms with Gasteiger partial charge in [0.15, 0.2) is 0 Å². The van der Waals surface area contributed by atoms with Crippen molar-refractivity contribution in [2.24, 2.45) is 0 Å². The maximum absolute atomic E-state index is 8.81. The lowest BCUT2D eigenvalue weighted by Gasteiger charge is -1.93. The Hall–Kier alpha value is -1.44. The molecule has 0 amide bonds. The first kappa shape index (κ1) is 14.6. The molecule has 0 aliphatic rings. The third-order valence-corrected chi connectivity index (χ3v) is 2.07. The predicted octanol–water partition coefficient (Wildman–Crippen LogP) is 4.34. The third kappa shape index (κ3) is 9.13. The molecule has 0 radical (unpaired) electrons. The van der Waals surface area contributed by atoms with Crippen LogP contribution < -0.4 is 0 Å². The van der Waals surface area contributed by atoms with Crippen LogP contribution in [0.25, 0.3) is 0 Å². The van der Waals surface area contributed by atoms with Crippen LogP contribution in [-0.4, -0.2) is 10.2 Å². The topological polar surface area (TPSA) is 40.5 Å². The Morgan fingerprint density at radius 1 is 1.31 bits per heavy atom. The Kier molecular flexibility index (Phi) is 8.04. The number of phenolic OH excluding ortho intramolecular Hbond substituents is 1. The van der Waals surface area contributed by atoms with Gasteiger partial charge in [0.25, 0.3) is 0 Å². The molecule has 1 aromatic carbocycles. The Labute approximate surface area is 98.3 Å². The van der Waals surface area contributed by atoms with Gasteiger partial charge in [-0.3, -0.25) is 0 Å². The largest absolute Gasteiger partial charge is 0.513 e. The van der Waals surface area contributed by atoms with Crippen molar-refractivity contribution >= 4 is 0 Å². The molecule has 0 aliphatic carbocycles. The monoisotopic (exact) mass is 222 g/mol. The molecule has 0 spiro atoms. The van der Waals surface area contributed by atoms with Gasteiger partial charge in [-0.15, -0.1) is 0 Å². The number of hydrogen-bond donors (Lipinski definition) is 2. The van der Waals surface area contributed by atoms with E-state index in [1.165, 1.54) is 12.8 Å². The van der Waals surface area contributed by atoms with E-state index in [9.17, 15) is 0 Å². The van der Waals surface area contributed by atoms with E-state index in [1.54, 1.807) is 12.1 Å². The molecule has 2 N–H and O–H groups in total. The average molecular weight is 222 g/mol. The van der Waals surface area contributed by atoms with Gasteiger partial charge in [-0.2, -0.15) is 0 Å². The van der Waals surface area contributed by atoms with Crippen molar-refractivity contribution < 1.29 is 10.2 Å². The number of unbranched alkanes of at least 4 members (excludes halogenated alkanes) is 2. The number of aromatic hydroxyl groups is 1. The number of aliphatic hydroxyl groups excluding tert-OH is 1. The van der Waals surface area contributed by atoms with Gasteiger partial charge in [0, 0.05) is 6.42 Å². The van der Waals surface area contributed by atoms with Crippen LogP contribution in [0, 0.1) is 6.92 Å². The standard InChI is InChI=1S/C7H8O.C7H14O/c1-6-3-2-4-7(8)5-6;1-3-4-5-6-7(2)8/h2-5,8H,1H3;8H,2-6H2,1H3. The Bertz CT molecular complexity index is 288. The van der Waals surface area contributed by atoms with Crippen LogP contribution in [-0.2, 0) is 0 Å². The summed E-state index contributed by atoms with van der Waals surface area (Å²) in [5.41, 5.74) is 1.09. The molecule has 2 heteroatoms. The average Bonchev–Trinajstić information content (AvgIpc) is 2.18. The van der Waals surface area contributed by atoms with E-state index in [0.29, 0.717) is 11.5 Å². The molecule has 0 fully saturated rings. The molecular formula is C14H22O2. The van der Waals surface area contributed by atoms with Gasteiger partial charge in [-0.25, -0.2) is 0 Å². The summed E-state index contributed by atoms with van der Waals surface area (Å²) in [4.78, 5) is 0. The summed E-state index contributed by atoms with van der Waals surface area (Å²) in [5.74, 6) is 0.656. The van der Waals surface area contributed by atoms with Crippen molar-refractivity contribution in [3.63, 3.8) is 0 Å². The van der Waals surface area contributed by atoms with E-state index in [4.69, 9.17) is 10.2 Å². The number of phenols is 1. The number of allylic oxidation sites excluding steroid dienone is 1. The predicted molar refractivity (Wildman–Crippen MR) is 68.8 cm³/mol. The first-order chi connectivity index (χ1) is 7.56. The van der Waals surface area contributed by atoms with Crippen LogP contribution in [0.5, 0.6) is 5.75 Å². The second-order valence-electron chi connectivity index (χ2n) is 3.86. The lowest BCUT2D eigenvalue weighted by Crippen LogP contribution is -1.77. The summed E-state index contributed by atoms with van der Waals surface area (Å²) in [6.45, 7) is 7.47. The highest BCUT2D eigenvalue weighted by Gasteiger charge is 1.86. The summed E-state index contributed by atoms with van der Waals surface area (Å²) in [6, 6.07) is 7.15. The van der Waals surface area contributed by atoms with Crippen LogP contribution in [0.4, 0.5) is 0 Å². The molecule has 0 aromatic heterocycles. The lowest BCUT2D eigenvalue weighted by molar-refractivity contribution is 0.384. The van der Waals surface area contributed by atoms with E-state index in [-0.39, 0.29) is 0 Å². The number of rotatable bonds is 4. The summed E-state index contributed by atoms with van der Waals surface area (Å²) < 4.78 is 0. The first-order valence-corrected chi connectivity index (χ1v) is 5.68. The molecule has 2 nitrogen and oxygen atoms in total. The Balaban J connectivity index is 0.000000281. The normalized spacial score (nSPS) is 9.12. The molecule has 0 saturated carbocycles. The van der Waals surface area contributed by atoms with Crippen LogP contribution in [0.2, 0.25) is 0 Å². The quantitative estimate of drug-likeness (QED) is 0.587. The number of hydrogen-bond acceptors (Lipinski definition) is 2. The van der Waals surface area contributed by atoms with Crippen molar-refractivity contribution in [2.45, 2.75) is 39.5 Å². The van der Waals surface area contributed by atoms with Crippen molar-refractivity contribution in [1.29, 1.82) is 0 Å². The number of aryl methyl sites for hydroxylation is 1. The minimum absolute atomic E-state index is 0.318. The van der Waals surface area contributed by atoms with Crippen LogP contribution in [0.3, 0.4) is 0 Å². The summed E-state index contributed by atoms with van der Waals surface area (Å²) in [5, 5.41) is 17.4. The van der Waals surface area contributed by atoms with Crippen LogP contribution in [0.1, 0.15) is 38.2 Å². The van der Waals surface area contributed by atoms with E-state index < -0.39 is 0 Å². The Morgan fingerprint density at radius 2 is 2.00 bits per heavy atom. The molecule has 1 aromatic rings. The van der Waals surface area contributed by atoms with Crippen molar-refractivity contribution in [2.75, 3.05) is 0 Å². The first-order valence-electron chi connectivity index (χ1n) is 5.68. The van der Waals surface area contributed by atoms with Crippen LogP contribution in [0.15, 0.2) is 36.6 Å². The smallest absolute Gasteiger partial charge is 0.115 e. The van der Waals surface area contributed by atoms with E-state index >= 15 is 0 Å². The van der Waals surface area contributed by atoms with E-state index in [0.717, 1.165) is 18.4 Å². The molecule has 0 saturated heterocycles. The van der Waals surface area contributed by atoms with Crippen LogP contribution >= 0.6 is 0 Å². The van der Waals surface area contributed by atoms with Gasteiger partial charge in [0.05, 0.1) is 5.76 Å². The zero-order valence-corrected chi connectivity index (χ0v) is 10.2. The fraction of sp³-hybridized carbons (Fsp3) is 0.429. The van der Waals surface area contributed by atoms with Gasteiger partial charge < -0.3 is 10.2 Å². The van der Waals surface area contributed by atoms with Gasteiger partial charge in [0.1, 0.15) is 5.75 Å². The molecule has 0 bridgehead atoms. The maximum atomic E-state index is 8.81. The zero-order chi connectivity index (χ0) is 12.4. The van der Waals surface area contributed by atoms with E-state index in [2.05, 4.69) is 13.5 Å². The second kappa shape index (κ2) is 8.84. The summed E-state index contributed by atoms with van der Waals surface area (Å²) >= 11 is 0. The number of aliphatic hydroxyl groups is 1. The van der Waals surface area contributed by atoms with Crippen molar-refractivity contribution in [1.82, 2.24) is 0 Å².